The van der Waals surface area contributed by atoms with Gasteiger partial charge in [0.2, 0.25) is 5.91 Å². The van der Waals surface area contributed by atoms with Crippen LogP contribution in [0.1, 0.15) is 57.8 Å². The Balaban J connectivity index is 1.36. The number of carbonyl (C=O) groups excluding carboxylic acids is 1. The summed E-state index contributed by atoms with van der Waals surface area (Å²) in [6.07, 6.45) is 8.90. The first-order chi connectivity index (χ1) is 13.6. The Morgan fingerprint density at radius 1 is 1.21 bits per heavy atom. The Labute approximate surface area is 171 Å². The molecule has 0 aromatic carbocycles. The monoisotopic (exact) mass is 402 g/mol. The molecule has 3 aliphatic heterocycles. The van der Waals surface area contributed by atoms with Crippen molar-refractivity contribution in [2.24, 2.45) is 15.9 Å². The van der Waals surface area contributed by atoms with Crippen LogP contribution < -0.4 is 0 Å². The number of hydrogen-bond acceptors (Lipinski definition) is 6. The third-order valence-electron chi connectivity index (χ3n) is 6.81. The molecule has 1 saturated heterocycles. The van der Waals surface area contributed by atoms with E-state index in [1.54, 1.807) is 5.57 Å². The molecule has 0 aromatic rings. The zero-order chi connectivity index (χ0) is 19.3. The van der Waals surface area contributed by atoms with Crippen molar-refractivity contribution in [1.29, 1.82) is 0 Å². The highest BCUT2D eigenvalue weighted by Crippen LogP contribution is 2.50. The van der Waals surface area contributed by atoms with Crippen molar-refractivity contribution >= 4 is 28.5 Å². The molecule has 1 N–H and O–H groups in total. The summed E-state index contributed by atoms with van der Waals surface area (Å²) in [7, 11) is 2.20. The minimum absolute atomic E-state index is 0.0991. The van der Waals surface area contributed by atoms with Gasteiger partial charge in [0, 0.05) is 19.1 Å². The number of piperidine rings is 1. The molecule has 0 bridgehead atoms. The molecule has 28 heavy (non-hydrogen) atoms. The van der Waals surface area contributed by atoms with Crippen molar-refractivity contribution < 1.29 is 9.90 Å². The van der Waals surface area contributed by atoms with Gasteiger partial charge in [-0.2, -0.15) is 0 Å². The zero-order valence-corrected chi connectivity index (χ0v) is 17.5. The molecule has 152 valence electrons. The first-order valence-electron chi connectivity index (χ1n) is 10.8. The van der Waals surface area contributed by atoms with E-state index in [4.69, 9.17) is 9.98 Å². The van der Waals surface area contributed by atoms with Crippen molar-refractivity contribution in [2.45, 2.75) is 76.1 Å². The zero-order valence-electron chi connectivity index (χ0n) is 16.6. The maximum atomic E-state index is 12.8. The predicted molar refractivity (Wildman–Crippen MR) is 112 cm³/mol. The summed E-state index contributed by atoms with van der Waals surface area (Å²) in [4.78, 5) is 28.6. The van der Waals surface area contributed by atoms with Crippen molar-refractivity contribution in [3.05, 3.63) is 10.5 Å². The summed E-state index contributed by atoms with van der Waals surface area (Å²) in [6.45, 7) is 1.28. The van der Waals surface area contributed by atoms with Gasteiger partial charge < -0.3 is 10.0 Å². The molecule has 0 radical (unpaired) electrons. The van der Waals surface area contributed by atoms with Crippen molar-refractivity contribution in [2.75, 3.05) is 20.1 Å². The van der Waals surface area contributed by atoms with Crippen molar-refractivity contribution in [1.82, 2.24) is 9.80 Å². The number of aliphatic hydroxyl groups is 1. The van der Waals surface area contributed by atoms with Gasteiger partial charge in [-0.15, -0.1) is 0 Å². The van der Waals surface area contributed by atoms with E-state index in [1.807, 2.05) is 16.7 Å². The van der Waals surface area contributed by atoms with Gasteiger partial charge >= 0.3 is 0 Å². The molecule has 2 atom stereocenters. The molecular weight excluding hydrogens is 372 g/mol. The number of aliphatic hydroxyl groups excluding tert-OH is 1. The van der Waals surface area contributed by atoms with Crippen LogP contribution in [0.3, 0.4) is 0 Å². The smallest absolute Gasteiger partial charge is 0.230 e. The van der Waals surface area contributed by atoms with Crippen LogP contribution in [0.5, 0.6) is 0 Å². The van der Waals surface area contributed by atoms with Crippen LogP contribution in [0.2, 0.25) is 0 Å². The van der Waals surface area contributed by atoms with E-state index in [1.165, 1.54) is 48.5 Å². The lowest BCUT2D eigenvalue weighted by Gasteiger charge is -2.35. The molecule has 3 heterocycles. The number of thioether (sulfide) groups is 1. The average molecular weight is 403 g/mol. The Hall–Kier alpha value is -1.18. The molecule has 1 saturated carbocycles. The molecule has 1 amide bonds. The van der Waals surface area contributed by atoms with Crippen LogP contribution in [0.4, 0.5) is 0 Å². The Bertz CT molecular complexity index is 750. The summed E-state index contributed by atoms with van der Waals surface area (Å²) >= 11 is 1.86. The number of nitrogens with zero attached hydrogens (tertiary/aromatic N) is 4. The SMILES string of the molecule is CN(C1CC1)C1N=C(CC(=O)N2CCC(O)CC2)N=C2SC3=C(CCCC3)C21. The number of amidine groups is 1. The van der Waals surface area contributed by atoms with E-state index in [2.05, 4.69) is 11.9 Å². The minimum atomic E-state index is -0.263. The summed E-state index contributed by atoms with van der Waals surface area (Å²) in [5.41, 5.74) is 1.58. The van der Waals surface area contributed by atoms with E-state index < -0.39 is 0 Å². The Morgan fingerprint density at radius 2 is 1.96 bits per heavy atom. The highest BCUT2D eigenvalue weighted by atomic mass is 32.2. The number of allylic oxidation sites excluding steroid dienone is 1. The first kappa shape index (κ1) is 18.8. The molecule has 2 unspecified atom stereocenters. The summed E-state index contributed by atoms with van der Waals surface area (Å²) in [5.74, 6) is 1.11. The molecule has 5 rings (SSSR count). The summed E-state index contributed by atoms with van der Waals surface area (Å²) < 4.78 is 0. The quantitative estimate of drug-likeness (QED) is 0.785. The van der Waals surface area contributed by atoms with Gasteiger partial charge in [0.05, 0.1) is 23.5 Å². The van der Waals surface area contributed by atoms with Gasteiger partial charge in [0.15, 0.2) is 0 Å². The fourth-order valence-electron chi connectivity index (χ4n) is 4.94. The number of fused-ring (bicyclic) bond motifs is 2. The standard InChI is InChI=1S/C21H30N4O2S/c1-24(13-6-7-13)20-19-15-4-2-3-5-16(15)28-21(19)23-17(22-20)12-18(27)25-10-8-14(26)9-11-25/h13-14,19-20,26H,2-12H2,1H3. The molecule has 0 spiro atoms. The topological polar surface area (TPSA) is 68.5 Å². The molecule has 2 aliphatic carbocycles. The molecule has 2 fully saturated rings. The predicted octanol–water partition coefficient (Wildman–Crippen LogP) is 2.78. The number of amides is 1. The van der Waals surface area contributed by atoms with Gasteiger partial charge in [-0.05, 0) is 68.9 Å². The van der Waals surface area contributed by atoms with Gasteiger partial charge in [-0.3, -0.25) is 9.69 Å². The van der Waals surface area contributed by atoms with Crippen LogP contribution in [-0.4, -0.2) is 70.1 Å². The number of rotatable bonds is 4. The Kier molecular flexibility index (Phi) is 5.09. The van der Waals surface area contributed by atoms with Crippen molar-refractivity contribution in [3.8, 4) is 0 Å². The summed E-state index contributed by atoms with van der Waals surface area (Å²) in [6, 6.07) is 0.631. The first-order valence-corrected chi connectivity index (χ1v) is 11.6. The molecule has 5 aliphatic rings. The number of aliphatic imine (C=N–C) groups is 2. The van der Waals surface area contributed by atoms with Gasteiger partial charge in [-0.25, -0.2) is 9.98 Å². The van der Waals surface area contributed by atoms with Crippen LogP contribution >= 0.6 is 11.8 Å². The van der Waals surface area contributed by atoms with Gasteiger partial charge in [0.1, 0.15) is 12.0 Å². The fraction of sp³-hybridized carbons (Fsp3) is 0.762. The molecule has 7 heteroatoms. The highest BCUT2D eigenvalue weighted by molar-refractivity contribution is 8.17. The minimum Gasteiger partial charge on any atom is -0.393 e. The van der Waals surface area contributed by atoms with Gasteiger partial charge in [-0.1, -0.05) is 11.8 Å². The third kappa shape index (κ3) is 3.57. The third-order valence-corrected chi connectivity index (χ3v) is 8.08. The summed E-state index contributed by atoms with van der Waals surface area (Å²) in [5, 5.41) is 10.9. The van der Waals surface area contributed by atoms with E-state index in [0.717, 1.165) is 0 Å². The van der Waals surface area contributed by atoms with Crippen LogP contribution in [-0.2, 0) is 4.79 Å². The van der Waals surface area contributed by atoms with Crippen LogP contribution in [0.15, 0.2) is 20.5 Å². The largest absolute Gasteiger partial charge is 0.393 e. The van der Waals surface area contributed by atoms with E-state index >= 15 is 0 Å². The lowest BCUT2D eigenvalue weighted by Crippen LogP contribution is -2.44. The molecule has 0 aromatic heterocycles. The second-order valence-corrected chi connectivity index (χ2v) is 9.94. The second kappa shape index (κ2) is 7.58. The number of hydrogen-bond donors (Lipinski definition) is 1. The highest BCUT2D eigenvalue weighted by Gasteiger charge is 2.45. The fourth-order valence-corrected chi connectivity index (χ4v) is 6.34. The average Bonchev–Trinajstić information content (AvgIpc) is 3.48. The van der Waals surface area contributed by atoms with E-state index in [-0.39, 0.29) is 24.6 Å². The maximum Gasteiger partial charge on any atom is 0.230 e. The van der Waals surface area contributed by atoms with Crippen LogP contribution in [0.25, 0.3) is 0 Å². The second-order valence-electron chi connectivity index (χ2n) is 8.83. The number of likely N-dealkylation sites (tertiary alicyclic amines) is 1. The maximum absolute atomic E-state index is 12.8. The molecule has 6 nitrogen and oxygen atoms in total. The van der Waals surface area contributed by atoms with E-state index in [0.29, 0.717) is 43.7 Å². The van der Waals surface area contributed by atoms with Crippen LogP contribution in [0, 0.1) is 5.92 Å². The Morgan fingerprint density at radius 3 is 2.71 bits per heavy atom. The number of carbonyl (C=O) groups is 1. The van der Waals surface area contributed by atoms with Crippen molar-refractivity contribution in [3.63, 3.8) is 0 Å². The normalized spacial score (nSPS) is 30.9. The van der Waals surface area contributed by atoms with Gasteiger partial charge in [0.25, 0.3) is 0 Å². The van der Waals surface area contributed by atoms with E-state index in [9.17, 15) is 9.90 Å². The molecular formula is C21H30N4O2S. The lowest BCUT2D eigenvalue weighted by atomic mass is 9.87. The lowest BCUT2D eigenvalue weighted by molar-refractivity contribution is -0.131.